The number of aryl methyl sites for hydroxylation is 2. The van der Waals surface area contributed by atoms with Gasteiger partial charge in [-0.3, -0.25) is 16.0 Å². The summed E-state index contributed by atoms with van der Waals surface area (Å²) in [5, 5.41) is 4.46. The van der Waals surface area contributed by atoms with Crippen molar-refractivity contribution in [1.82, 2.24) is 15.2 Å². The molecule has 1 unspecified atom stereocenters. The van der Waals surface area contributed by atoms with Gasteiger partial charge in [-0.1, -0.05) is 6.42 Å². The molecule has 0 aliphatic heterocycles. The van der Waals surface area contributed by atoms with Gasteiger partial charge in [0.2, 0.25) is 0 Å². The standard InChI is InChI=1S/C11H20N4/c1-3-15-10(7-8(2)14-15)11(13-12)9-5-4-6-9/h7,9,11,13H,3-6,12H2,1-2H3. The molecule has 0 saturated heterocycles. The van der Waals surface area contributed by atoms with Crippen LogP contribution in [0, 0.1) is 12.8 Å². The minimum atomic E-state index is 0.278. The van der Waals surface area contributed by atoms with E-state index in [-0.39, 0.29) is 6.04 Å². The van der Waals surface area contributed by atoms with E-state index in [1.165, 1.54) is 25.0 Å². The fourth-order valence-corrected chi connectivity index (χ4v) is 2.31. The van der Waals surface area contributed by atoms with Crippen LogP contribution in [0.1, 0.15) is 43.6 Å². The molecule has 0 aromatic carbocycles. The molecule has 84 valence electrons. The van der Waals surface area contributed by atoms with Crippen molar-refractivity contribution in [3.63, 3.8) is 0 Å². The number of hydrogen-bond acceptors (Lipinski definition) is 3. The Bertz CT molecular complexity index is 327. The van der Waals surface area contributed by atoms with Crippen LogP contribution in [-0.2, 0) is 6.54 Å². The van der Waals surface area contributed by atoms with Crippen LogP contribution in [0.5, 0.6) is 0 Å². The Kier molecular flexibility index (Phi) is 3.07. The molecule has 1 heterocycles. The van der Waals surface area contributed by atoms with Crippen LogP contribution in [0.2, 0.25) is 0 Å². The third-order valence-electron chi connectivity index (χ3n) is 3.35. The molecule has 0 amide bonds. The van der Waals surface area contributed by atoms with Crippen molar-refractivity contribution in [3.8, 4) is 0 Å². The number of nitrogens with zero attached hydrogens (tertiary/aromatic N) is 2. The van der Waals surface area contributed by atoms with Gasteiger partial charge in [0.1, 0.15) is 0 Å². The third-order valence-corrected chi connectivity index (χ3v) is 3.35. The highest BCUT2D eigenvalue weighted by Gasteiger charge is 2.29. The Labute approximate surface area is 90.8 Å². The van der Waals surface area contributed by atoms with Crippen LogP contribution >= 0.6 is 0 Å². The molecule has 1 aliphatic rings. The van der Waals surface area contributed by atoms with E-state index >= 15 is 0 Å². The lowest BCUT2D eigenvalue weighted by atomic mass is 9.78. The number of aromatic nitrogens is 2. The molecule has 1 aliphatic carbocycles. The molecule has 1 atom stereocenters. The second-order valence-corrected chi connectivity index (χ2v) is 4.36. The molecule has 1 aromatic rings. The predicted molar refractivity (Wildman–Crippen MR) is 60.0 cm³/mol. The van der Waals surface area contributed by atoms with E-state index in [0.717, 1.165) is 12.2 Å². The van der Waals surface area contributed by atoms with Gasteiger partial charge in [-0.15, -0.1) is 0 Å². The first-order valence-corrected chi connectivity index (χ1v) is 5.76. The molecule has 0 spiro atoms. The van der Waals surface area contributed by atoms with Gasteiger partial charge in [0.15, 0.2) is 0 Å². The maximum Gasteiger partial charge on any atom is 0.0657 e. The Balaban J connectivity index is 2.23. The van der Waals surface area contributed by atoms with E-state index in [9.17, 15) is 0 Å². The lowest BCUT2D eigenvalue weighted by Crippen LogP contribution is -2.37. The van der Waals surface area contributed by atoms with E-state index in [2.05, 4.69) is 28.2 Å². The van der Waals surface area contributed by atoms with Gasteiger partial charge in [0, 0.05) is 6.54 Å². The van der Waals surface area contributed by atoms with Gasteiger partial charge < -0.3 is 0 Å². The molecule has 2 rings (SSSR count). The summed E-state index contributed by atoms with van der Waals surface area (Å²) in [6.07, 6.45) is 3.90. The van der Waals surface area contributed by atoms with E-state index < -0.39 is 0 Å². The summed E-state index contributed by atoms with van der Waals surface area (Å²) in [4.78, 5) is 0. The Hall–Kier alpha value is -0.870. The molecule has 0 bridgehead atoms. The minimum absolute atomic E-state index is 0.278. The lowest BCUT2D eigenvalue weighted by Gasteiger charge is -2.33. The molecule has 3 N–H and O–H groups in total. The normalized spacial score (nSPS) is 18.9. The van der Waals surface area contributed by atoms with Gasteiger partial charge >= 0.3 is 0 Å². The summed E-state index contributed by atoms with van der Waals surface area (Å²) in [5.74, 6) is 6.35. The van der Waals surface area contributed by atoms with Gasteiger partial charge in [-0.2, -0.15) is 5.10 Å². The first-order chi connectivity index (χ1) is 7.26. The lowest BCUT2D eigenvalue weighted by molar-refractivity contribution is 0.223. The summed E-state index contributed by atoms with van der Waals surface area (Å²) < 4.78 is 2.05. The van der Waals surface area contributed by atoms with Crippen LogP contribution in [0.25, 0.3) is 0 Å². The van der Waals surface area contributed by atoms with Gasteiger partial charge in [0.25, 0.3) is 0 Å². The van der Waals surface area contributed by atoms with Gasteiger partial charge in [0.05, 0.1) is 17.4 Å². The van der Waals surface area contributed by atoms with Crippen LogP contribution in [0.15, 0.2) is 6.07 Å². The largest absolute Gasteiger partial charge is 0.271 e. The number of hydrazine groups is 1. The molecular weight excluding hydrogens is 188 g/mol. The maximum atomic E-state index is 5.66. The SMILES string of the molecule is CCn1nc(C)cc1C(NN)C1CCC1. The summed E-state index contributed by atoms with van der Waals surface area (Å²) in [6, 6.07) is 2.42. The van der Waals surface area contributed by atoms with Crippen LogP contribution in [-0.4, -0.2) is 9.78 Å². The smallest absolute Gasteiger partial charge is 0.0657 e. The molecular formula is C11H20N4. The summed E-state index contributed by atoms with van der Waals surface area (Å²) in [5.41, 5.74) is 5.26. The zero-order valence-electron chi connectivity index (χ0n) is 9.53. The van der Waals surface area contributed by atoms with Gasteiger partial charge in [-0.25, -0.2) is 0 Å². The fraction of sp³-hybridized carbons (Fsp3) is 0.727. The highest BCUT2D eigenvalue weighted by atomic mass is 15.3. The number of rotatable bonds is 4. The highest BCUT2D eigenvalue weighted by Crippen LogP contribution is 2.37. The Morgan fingerprint density at radius 2 is 2.40 bits per heavy atom. The molecule has 0 radical (unpaired) electrons. The predicted octanol–water partition coefficient (Wildman–Crippen LogP) is 1.52. The van der Waals surface area contributed by atoms with Crippen LogP contribution in [0.4, 0.5) is 0 Å². The monoisotopic (exact) mass is 208 g/mol. The topological polar surface area (TPSA) is 55.9 Å². The summed E-state index contributed by atoms with van der Waals surface area (Å²) >= 11 is 0. The summed E-state index contributed by atoms with van der Waals surface area (Å²) in [7, 11) is 0. The van der Waals surface area contributed by atoms with Crippen LogP contribution in [0.3, 0.4) is 0 Å². The zero-order valence-corrected chi connectivity index (χ0v) is 9.53. The molecule has 1 aromatic heterocycles. The molecule has 1 saturated carbocycles. The van der Waals surface area contributed by atoms with Crippen molar-refractivity contribution in [2.24, 2.45) is 11.8 Å². The van der Waals surface area contributed by atoms with E-state index in [4.69, 9.17) is 5.84 Å². The van der Waals surface area contributed by atoms with Crippen molar-refractivity contribution >= 4 is 0 Å². The van der Waals surface area contributed by atoms with Gasteiger partial charge in [-0.05, 0) is 38.7 Å². The first kappa shape index (κ1) is 10.6. The van der Waals surface area contributed by atoms with E-state index in [0.29, 0.717) is 5.92 Å². The van der Waals surface area contributed by atoms with Crippen molar-refractivity contribution in [2.75, 3.05) is 0 Å². The van der Waals surface area contributed by atoms with E-state index in [1.807, 2.05) is 6.92 Å². The third kappa shape index (κ3) is 1.92. The quantitative estimate of drug-likeness (QED) is 0.582. The molecule has 1 fully saturated rings. The Morgan fingerprint density at radius 1 is 1.67 bits per heavy atom. The first-order valence-electron chi connectivity index (χ1n) is 5.76. The zero-order chi connectivity index (χ0) is 10.8. The van der Waals surface area contributed by atoms with Crippen molar-refractivity contribution in [3.05, 3.63) is 17.5 Å². The number of nitrogens with one attached hydrogen (secondary N) is 1. The van der Waals surface area contributed by atoms with Crippen LogP contribution < -0.4 is 11.3 Å². The van der Waals surface area contributed by atoms with Crippen molar-refractivity contribution in [1.29, 1.82) is 0 Å². The molecule has 4 heteroatoms. The number of hydrogen-bond donors (Lipinski definition) is 2. The van der Waals surface area contributed by atoms with E-state index in [1.54, 1.807) is 0 Å². The Morgan fingerprint density at radius 3 is 2.87 bits per heavy atom. The molecule has 15 heavy (non-hydrogen) atoms. The summed E-state index contributed by atoms with van der Waals surface area (Å²) in [6.45, 7) is 5.06. The highest BCUT2D eigenvalue weighted by molar-refractivity contribution is 5.15. The second kappa shape index (κ2) is 4.33. The minimum Gasteiger partial charge on any atom is -0.271 e. The maximum absolute atomic E-state index is 5.66. The average molecular weight is 208 g/mol. The van der Waals surface area contributed by atoms with Crippen molar-refractivity contribution in [2.45, 2.75) is 45.7 Å². The fourth-order valence-electron chi connectivity index (χ4n) is 2.31. The van der Waals surface area contributed by atoms with Crippen molar-refractivity contribution < 1.29 is 0 Å². The average Bonchev–Trinajstić information content (AvgIpc) is 2.52. The second-order valence-electron chi connectivity index (χ2n) is 4.36. The molecule has 4 nitrogen and oxygen atoms in total. The number of nitrogens with two attached hydrogens (primary N) is 1.